The van der Waals surface area contributed by atoms with Crippen LogP contribution in [0.1, 0.15) is 52.9 Å². The van der Waals surface area contributed by atoms with Crippen molar-refractivity contribution >= 4 is 16.2 Å². The number of amides is 1. The number of carbonyl (C=O) groups is 1. The highest BCUT2D eigenvalue weighted by Crippen LogP contribution is 2.24. The second-order valence-corrected chi connectivity index (χ2v) is 7.82. The molecule has 0 aromatic carbocycles. The lowest BCUT2D eigenvalue weighted by atomic mass is 9.94. The van der Waals surface area contributed by atoms with Crippen molar-refractivity contribution in [3.63, 3.8) is 0 Å². The third-order valence-electron chi connectivity index (χ3n) is 3.23. The quantitative estimate of drug-likeness (QED) is 0.806. The summed E-state index contributed by atoms with van der Waals surface area (Å²) in [5.41, 5.74) is -0.623. The molecule has 0 radical (unpaired) electrons. The summed E-state index contributed by atoms with van der Waals surface area (Å²) in [7, 11) is -4.08. The van der Waals surface area contributed by atoms with Crippen LogP contribution in [0.4, 0.5) is 4.79 Å². The summed E-state index contributed by atoms with van der Waals surface area (Å²) >= 11 is 0. The van der Waals surface area contributed by atoms with E-state index in [0.29, 0.717) is 0 Å². The minimum Gasteiger partial charge on any atom is -0.444 e. The van der Waals surface area contributed by atoms with Gasteiger partial charge in [-0.05, 0) is 33.6 Å². The molecule has 7 heteroatoms. The highest BCUT2D eigenvalue weighted by atomic mass is 32.2. The number of ether oxygens (including phenoxy) is 1. The van der Waals surface area contributed by atoms with Crippen molar-refractivity contribution in [1.29, 1.82) is 0 Å². The van der Waals surface area contributed by atoms with Crippen LogP contribution in [0.25, 0.3) is 0 Å². The van der Waals surface area contributed by atoms with E-state index in [-0.39, 0.29) is 12.6 Å². The fraction of sp³-hybridized carbons (Fsp3) is 0.923. The van der Waals surface area contributed by atoms with Crippen LogP contribution >= 0.6 is 0 Å². The Morgan fingerprint density at radius 2 is 1.80 bits per heavy atom. The maximum Gasteiger partial charge on any atom is 0.410 e. The number of rotatable bonds is 4. The number of carbonyl (C=O) groups excluding carboxylic acids is 1. The topological polar surface area (TPSA) is 83.9 Å². The molecule has 1 N–H and O–H groups in total. The minimum absolute atomic E-state index is 0.000324. The number of nitrogens with zero attached hydrogens (tertiary/aromatic N) is 1. The summed E-state index contributed by atoms with van der Waals surface area (Å²) in [5.74, 6) is -0.456. The first-order valence-electron chi connectivity index (χ1n) is 7.03. The fourth-order valence-corrected chi connectivity index (χ4v) is 2.78. The third-order valence-corrected chi connectivity index (χ3v) is 3.93. The molecule has 1 aliphatic rings. The van der Waals surface area contributed by atoms with E-state index in [1.54, 1.807) is 20.8 Å². The van der Waals surface area contributed by atoms with Crippen LogP contribution in [0, 0.1) is 0 Å². The SMILES string of the molecule is CC(C)(C)OC(=O)N(CCS(=O)(=O)O)C1CCCCC1. The van der Waals surface area contributed by atoms with Gasteiger partial charge in [-0.2, -0.15) is 8.42 Å². The predicted octanol–water partition coefficient (Wildman–Crippen LogP) is 2.44. The number of hydrogen-bond donors (Lipinski definition) is 1. The lowest BCUT2D eigenvalue weighted by Crippen LogP contribution is -2.46. The minimum atomic E-state index is -4.08. The lowest BCUT2D eigenvalue weighted by molar-refractivity contribution is 0.0137. The van der Waals surface area contributed by atoms with Gasteiger partial charge in [-0.3, -0.25) is 4.55 Å². The summed E-state index contributed by atoms with van der Waals surface area (Å²) in [6.07, 6.45) is 4.38. The van der Waals surface area contributed by atoms with Gasteiger partial charge in [0.25, 0.3) is 10.1 Å². The van der Waals surface area contributed by atoms with Gasteiger partial charge in [0.05, 0.1) is 5.75 Å². The summed E-state index contributed by atoms with van der Waals surface area (Å²) < 4.78 is 36.0. The van der Waals surface area contributed by atoms with E-state index in [1.807, 2.05) is 0 Å². The molecule has 0 aromatic heterocycles. The first kappa shape index (κ1) is 17.2. The van der Waals surface area contributed by atoms with E-state index >= 15 is 0 Å². The van der Waals surface area contributed by atoms with Crippen molar-refractivity contribution in [2.24, 2.45) is 0 Å². The molecular formula is C13H25NO5S. The molecule has 1 rings (SSSR count). The van der Waals surface area contributed by atoms with Crippen molar-refractivity contribution in [2.75, 3.05) is 12.3 Å². The van der Waals surface area contributed by atoms with Crippen LogP contribution in [0.2, 0.25) is 0 Å². The molecule has 0 spiro atoms. The summed E-state index contributed by atoms with van der Waals surface area (Å²) in [4.78, 5) is 13.7. The Bertz CT molecular complexity index is 421. The van der Waals surface area contributed by atoms with E-state index in [2.05, 4.69) is 0 Å². The van der Waals surface area contributed by atoms with Gasteiger partial charge in [0, 0.05) is 12.6 Å². The standard InChI is InChI=1S/C13H25NO5S/c1-13(2,3)19-12(15)14(9-10-20(16,17)18)11-7-5-4-6-8-11/h11H,4-10H2,1-3H3,(H,16,17,18). The van der Waals surface area contributed by atoms with Crippen molar-refractivity contribution in [3.8, 4) is 0 Å². The van der Waals surface area contributed by atoms with Gasteiger partial charge in [0.15, 0.2) is 0 Å². The molecule has 118 valence electrons. The van der Waals surface area contributed by atoms with E-state index in [9.17, 15) is 13.2 Å². The molecular weight excluding hydrogens is 282 g/mol. The average Bonchev–Trinajstić information content (AvgIpc) is 2.26. The van der Waals surface area contributed by atoms with Crippen molar-refractivity contribution in [1.82, 2.24) is 4.90 Å². The van der Waals surface area contributed by atoms with E-state index < -0.39 is 27.6 Å². The second-order valence-electron chi connectivity index (χ2n) is 6.25. The van der Waals surface area contributed by atoms with Crippen LogP contribution in [0.15, 0.2) is 0 Å². The van der Waals surface area contributed by atoms with Gasteiger partial charge < -0.3 is 9.64 Å². The Morgan fingerprint density at radius 1 is 1.25 bits per heavy atom. The molecule has 0 aliphatic heterocycles. The molecule has 1 fully saturated rings. The molecule has 6 nitrogen and oxygen atoms in total. The molecule has 0 saturated heterocycles. The Labute approximate surface area is 121 Å². The zero-order valence-electron chi connectivity index (χ0n) is 12.5. The first-order chi connectivity index (χ1) is 9.08. The number of hydrogen-bond acceptors (Lipinski definition) is 4. The largest absolute Gasteiger partial charge is 0.444 e. The Hall–Kier alpha value is -0.820. The smallest absolute Gasteiger partial charge is 0.410 e. The van der Waals surface area contributed by atoms with Crippen molar-refractivity contribution in [3.05, 3.63) is 0 Å². The zero-order chi connectivity index (χ0) is 15.4. The summed E-state index contributed by atoms with van der Waals surface area (Å²) in [6, 6.07) is 0.000324. The molecule has 20 heavy (non-hydrogen) atoms. The summed E-state index contributed by atoms with van der Waals surface area (Å²) in [5, 5.41) is 0. The van der Waals surface area contributed by atoms with Gasteiger partial charge in [-0.1, -0.05) is 19.3 Å². The summed E-state index contributed by atoms with van der Waals surface area (Å²) in [6.45, 7) is 5.28. The molecule has 0 bridgehead atoms. The molecule has 0 atom stereocenters. The van der Waals surface area contributed by atoms with Crippen LogP contribution in [0.5, 0.6) is 0 Å². The van der Waals surface area contributed by atoms with Crippen LogP contribution in [-0.2, 0) is 14.9 Å². The van der Waals surface area contributed by atoms with E-state index in [0.717, 1.165) is 32.1 Å². The van der Waals surface area contributed by atoms with Gasteiger partial charge in [0.1, 0.15) is 5.60 Å². The zero-order valence-corrected chi connectivity index (χ0v) is 13.3. The first-order valence-corrected chi connectivity index (χ1v) is 8.64. The second kappa shape index (κ2) is 6.76. The maximum atomic E-state index is 12.2. The molecule has 0 unspecified atom stereocenters. The normalized spacial score (nSPS) is 17.8. The highest BCUT2D eigenvalue weighted by molar-refractivity contribution is 7.85. The van der Waals surface area contributed by atoms with Crippen LogP contribution in [-0.4, -0.2) is 47.9 Å². The highest BCUT2D eigenvalue weighted by Gasteiger charge is 2.30. The Balaban J connectivity index is 2.74. The van der Waals surface area contributed by atoms with Gasteiger partial charge in [0.2, 0.25) is 0 Å². The van der Waals surface area contributed by atoms with Crippen molar-refractivity contribution in [2.45, 2.75) is 64.5 Å². The van der Waals surface area contributed by atoms with Gasteiger partial charge in [-0.15, -0.1) is 0 Å². The van der Waals surface area contributed by atoms with Gasteiger partial charge in [-0.25, -0.2) is 4.79 Å². The molecule has 0 heterocycles. The van der Waals surface area contributed by atoms with E-state index in [4.69, 9.17) is 9.29 Å². The predicted molar refractivity (Wildman–Crippen MR) is 76.2 cm³/mol. The van der Waals surface area contributed by atoms with Crippen LogP contribution in [0.3, 0.4) is 0 Å². The van der Waals surface area contributed by atoms with Gasteiger partial charge >= 0.3 is 6.09 Å². The lowest BCUT2D eigenvalue weighted by Gasteiger charge is -2.35. The average molecular weight is 307 g/mol. The molecule has 1 aliphatic carbocycles. The Kier molecular flexibility index (Phi) is 5.82. The maximum absolute atomic E-state index is 12.2. The molecule has 0 aromatic rings. The molecule has 1 amide bonds. The monoisotopic (exact) mass is 307 g/mol. The fourth-order valence-electron chi connectivity index (χ4n) is 2.35. The van der Waals surface area contributed by atoms with Crippen LogP contribution < -0.4 is 0 Å². The Morgan fingerprint density at radius 3 is 2.25 bits per heavy atom. The van der Waals surface area contributed by atoms with E-state index in [1.165, 1.54) is 4.90 Å². The van der Waals surface area contributed by atoms with Crippen molar-refractivity contribution < 1.29 is 22.5 Å². The molecule has 1 saturated carbocycles. The third kappa shape index (κ3) is 6.56.